The summed E-state index contributed by atoms with van der Waals surface area (Å²) in [5.74, 6) is -0.833. The van der Waals surface area contributed by atoms with Gasteiger partial charge < -0.3 is 5.11 Å². The van der Waals surface area contributed by atoms with E-state index in [2.05, 4.69) is 4.72 Å². The van der Waals surface area contributed by atoms with Crippen LogP contribution in [-0.4, -0.2) is 25.5 Å². The van der Waals surface area contributed by atoms with Crippen LogP contribution in [0.5, 0.6) is 0 Å². The number of carboxylic acid groups (broad SMARTS) is 1. The zero-order valence-corrected chi connectivity index (χ0v) is 12.8. The molecule has 0 heterocycles. The van der Waals surface area contributed by atoms with Crippen molar-refractivity contribution in [3.8, 4) is 0 Å². The van der Waals surface area contributed by atoms with Crippen LogP contribution in [0.2, 0.25) is 5.02 Å². The van der Waals surface area contributed by atoms with Gasteiger partial charge in [0.2, 0.25) is 10.0 Å². The van der Waals surface area contributed by atoms with Crippen molar-refractivity contribution >= 4 is 27.6 Å². The second-order valence-electron chi connectivity index (χ2n) is 5.13. The van der Waals surface area contributed by atoms with Crippen molar-refractivity contribution in [2.45, 2.75) is 37.6 Å². The number of hydrogen-bond acceptors (Lipinski definition) is 3. The Kier molecular flexibility index (Phi) is 4.09. The van der Waals surface area contributed by atoms with Gasteiger partial charge in [0.25, 0.3) is 0 Å². The minimum absolute atomic E-state index is 0.0742. The first-order valence-corrected chi connectivity index (χ1v) is 8.14. The summed E-state index contributed by atoms with van der Waals surface area (Å²) in [5.41, 5.74) is 0.0920. The van der Waals surface area contributed by atoms with Gasteiger partial charge in [-0.25, -0.2) is 17.9 Å². The van der Waals surface area contributed by atoms with Crippen LogP contribution in [0.3, 0.4) is 0 Å². The molecule has 0 amide bonds. The zero-order valence-electron chi connectivity index (χ0n) is 11.2. The Morgan fingerprint density at radius 1 is 1.45 bits per heavy atom. The number of aromatic carboxylic acids is 1. The van der Waals surface area contributed by atoms with Gasteiger partial charge in [0.15, 0.2) is 0 Å². The number of carbonyl (C=O) groups is 1. The van der Waals surface area contributed by atoms with Gasteiger partial charge in [-0.2, -0.15) is 0 Å². The molecule has 5 nitrogen and oxygen atoms in total. The van der Waals surface area contributed by atoms with Gasteiger partial charge in [-0.1, -0.05) is 11.6 Å². The smallest absolute Gasteiger partial charge is 0.336 e. The minimum atomic E-state index is -3.77. The fourth-order valence-electron chi connectivity index (χ4n) is 2.16. The highest BCUT2D eigenvalue weighted by atomic mass is 35.5. The molecule has 2 N–H and O–H groups in total. The molecule has 7 heteroatoms. The van der Waals surface area contributed by atoms with Crippen LogP contribution in [0.4, 0.5) is 0 Å². The van der Waals surface area contributed by atoms with Crippen LogP contribution in [0.25, 0.3) is 0 Å². The van der Waals surface area contributed by atoms with Crippen LogP contribution < -0.4 is 4.72 Å². The monoisotopic (exact) mass is 317 g/mol. The highest BCUT2D eigenvalue weighted by Crippen LogP contribution is 2.33. The van der Waals surface area contributed by atoms with E-state index >= 15 is 0 Å². The molecule has 0 saturated heterocycles. The second-order valence-corrected chi connectivity index (χ2v) is 7.25. The number of carboxylic acids is 1. The van der Waals surface area contributed by atoms with Gasteiger partial charge in [-0.15, -0.1) is 0 Å². The Balaban J connectivity index is 2.42. The Bertz CT molecular complexity index is 653. The zero-order chi connectivity index (χ0) is 15.1. The van der Waals surface area contributed by atoms with E-state index in [1.54, 1.807) is 0 Å². The third-order valence-electron chi connectivity index (χ3n) is 3.51. The molecule has 1 atom stereocenters. The van der Waals surface area contributed by atoms with Gasteiger partial charge in [0.05, 0.1) is 10.5 Å². The van der Waals surface area contributed by atoms with Gasteiger partial charge in [0.1, 0.15) is 0 Å². The lowest BCUT2D eigenvalue weighted by molar-refractivity contribution is 0.0696. The third-order valence-corrected chi connectivity index (χ3v) is 5.42. The minimum Gasteiger partial charge on any atom is -0.478 e. The molecular weight excluding hydrogens is 302 g/mol. The molecule has 1 aromatic rings. The normalized spacial score (nSPS) is 16.9. The van der Waals surface area contributed by atoms with E-state index in [9.17, 15) is 13.2 Å². The summed E-state index contributed by atoms with van der Waals surface area (Å²) in [6.07, 6.45) is 2.02. The van der Waals surface area contributed by atoms with E-state index in [0.29, 0.717) is 5.92 Å². The van der Waals surface area contributed by atoms with Gasteiger partial charge in [0, 0.05) is 11.1 Å². The molecule has 0 radical (unpaired) electrons. The van der Waals surface area contributed by atoms with Crippen molar-refractivity contribution < 1.29 is 18.3 Å². The third kappa shape index (κ3) is 3.13. The maximum atomic E-state index is 12.4. The SMILES string of the molecule is Cc1c(C(=O)O)cc(Cl)cc1S(=O)(=O)NC(C)C1CC1. The average Bonchev–Trinajstić information content (AvgIpc) is 3.14. The first kappa shape index (κ1) is 15.3. The summed E-state index contributed by atoms with van der Waals surface area (Å²) in [4.78, 5) is 11.0. The van der Waals surface area contributed by atoms with Crippen LogP contribution >= 0.6 is 11.6 Å². The maximum absolute atomic E-state index is 12.4. The number of sulfonamides is 1. The highest BCUT2D eigenvalue weighted by molar-refractivity contribution is 7.89. The quantitative estimate of drug-likeness (QED) is 0.873. The Morgan fingerprint density at radius 2 is 2.05 bits per heavy atom. The van der Waals surface area contributed by atoms with Crippen molar-refractivity contribution in [1.29, 1.82) is 0 Å². The summed E-state index contributed by atoms with van der Waals surface area (Å²) >= 11 is 5.83. The topological polar surface area (TPSA) is 83.5 Å². The molecule has 1 aliphatic carbocycles. The van der Waals surface area contributed by atoms with Crippen molar-refractivity contribution in [3.05, 3.63) is 28.3 Å². The van der Waals surface area contributed by atoms with Crippen molar-refractivity contribution in [2.75, 3.05) is 0 Å². The molecule has 0 aliphatic heterocycles. The first-order chi connectivity index (χ1) is 9.22. The van der Waals surface area contributed by atoms with Gasteiger partial charge >= 0.3 is 5.97 Å². The summed E-state index contributed by atoms with van der Waals surface area (Å²) in [6, 6.07) is 2.38. The predicted octanol–water partition coefficient (Wildman–Crippen LogP) is 2.42. The number of rotatable bonds is 5. The molecule has 2 rings (SSSR count). The lowest BCUT2D eigenvalue weighted by atomic mass is 10.1. The molecule has 0 spiro atoms. The van der Waals surface area contributed by atoms with E-state index in [1.807, 2.05) is 6.92 Å². The van der Waals surface area contributed by atoms with E-state index < -0.39 is 16.0 Å². The second kappa shape index (κ2) is 5.35. The fraction of sp³-hybridized carbons (Fsp3) is 0.462. The van der Waals surface area contributed by atoms with Crippen LogP contribution in [0, 0.1) is 12.8 Å². The summed E-state index contributed by atoms with van der Waals surface area (Å²) in [6.45, 7) is 3.28. The number of hydrogen-bond donors (Lipinski definition) is 2. The van der Waals surface area contributed by atoms with E-state index in [0.717, 1.165) is 12.8 Å². The number of nitrogens with one attached hydrogen (secondary N) is 1. The molecule has 0 bridgehead atoms. The lowest BCUT2D eigenvalue weighted by Gasteiger charge is -2.16. The van der Waals surface area contributed by atoms with Crippen LogP contribution in [-0.2, 0) is 10.0 Å². The molecule has 1 aliphatic rings. The molecular formula is C13H16ClNO4S. The standard InChI is InChI=1S/C13H16ClNO4S/c1-7-11(13(16)17)5-10(14)6-12(7)20(18,19)15-8(2)9-3-4-9/h5-6,8-9,15H,3-4H2,1-2H3,(H,16,17). The molecule has 20 heavy (non-hydrogen) atoms. The van der Waals surface area contributed by atoms with E-state index in [1.165, 1.54) is 19.1 Å². The highest BCUT2D eigenvalue weighted by Gasteiger charge is 2.32. The summed E-state index contributed by atoms with van der Waals surface area (Å²) < 4.78 is 27.3. The van der Waals surface area contributed by atoms with E-state index in [-0.39, 0.29) is 27.1 Å². The lowest BCUT2D eigenvalue weighted by Crippen LogP contribution is -2.34. The molecule has 0 aromatic heterocycles. The summed E-state index contributed by atoms with van der Waals surface area (Å²) in [5, 5.41) is 9.18. The number of benzene rings is 1. The number of halogens is 1. The first-order valence-electron chi connectivity index (χ1n) is 6.28. The molecule has 1 fully saturated rings. The molecule has 110 valence electrons. The molecule has 1 saturated carbocycles. The Hall–Kier alpha value is -1.11. The van der Waals surface area contributed by atoms with Crippen molar-refractivity contribution in [1.82, 2.24) is 4.72 Å². The Morgan fingerprint density at radius 3 is 2.55 bits per heavy atom. The van der Waals surface area contributed by atoms with Gasteiger partial charge in [-0.3, -0.25) is 0 Å². The largest absolute Gasteiger partial charge is 0.478 e. The average molecular weight is 318 g/mol. The van der Waals surface area contributed by atoms with Crippen molar-refractivity contribution in [3.63, 3.8) is 0 Å². The van der Waals surface area contributed by atoms with Gasteiger partial charge in [-0.05, 0) is 50.3 Å². The van der Waals surface area contributed by atoms with Crippen LogP contribution in [0.1, 0.15) is 35.7 Å². The molecule has 1 aromatic carbocycles. The van der Waals surface area contributed by atoms with Crippen molar-refractivity contribution in [2.24, 2.45) is 5.92 Å². The van der Waals surface area contributed by atoms with Crippen LogP contribution in [0.15, 0.2) is 17.0 Å². The maximum Gasteiger partial charge on any atom is 0.336 e. The summed E-state index contributed by atoms with van der Waals surface area (Å²) in [7, 11) is -3.77. The Labute approximate surface area is 123 Å². The molecule has 1 unspecified atom stereocenters. The predicted molar refractivity (Wildman–Crippen MR) is 75.7 cm³/mol. The van der Waals surface area contributed by atoms with E-state index in [4.69, 9.17) is 16.7 Å². The fourth-order valence-corrected chi connectivity index (χ4v) is 4.04.